The number of halogens is 1. The topological polar surface area (TPSA) is 46.2 Å². The number of rotatable bonds is 6. The predicted molar refractivity (Wildman–Crippen MR) is 82.6 cm³/mol. The SMILES string of the molecule is CCc1ccc(S(=O)(=O)NC(CCCl)C(C)(C)C)s1. The van der Waals surface area contributed by atoms with Crippen molar-refractivity contribution in [1.82, 2.24) is 4.72 Å². The Morgan fingerprint density at radius 2 is 2.00 bits per heavy atom. The minimum atomic E-state index is -3.44. The molecule has 0 aliphatic carbocycles. The number of hydrogen-bond acceptors (Lipinski definition) is 3. The third kappa shape index (κ3) is 4.74. The molecule has 1 aromatic rings. The van der Waals surface area contributed by atoms with E-state index in [-0.39, 0.29) is 11.5 Å². The molecule has 3 nitrogen and oxygen atoms in total. The molecular weight excluding hydrogens is 302 g/mol. The molecule has 1 aromatic heterocycles. The molecule has 1 N–H and O–H groups in total. The van der Waals surface area contributed by atoms with Crippen molar-refractivity contribution >= 4 is 33.0 Å². The van der Waals surface area contributed by atoms with E-state index in [9.17, 15) is 8.42 Å². The second-order valence-corrected chi connectivity index (χ2v) is 9.08. The van der Waals surface area contributed by atoms with Crippen LogP contribution in [0.5, 0.6) is 0 Å². The summed E-state index contributed by atoms with van der Waals surface area (Å²) in [5, 5.41) is 0. The second kappa shape index (κ2) is 6.57. The van der Waals surface area contributed by atoms with Gasteiger partial charge in [0.15, 0.2) is 0 Å². The van der Waals surface area contributed by atoms with Crippen LogP contribution in [0, 0.1) is 5.41 Å². The molecule has 0 aromatic carbocycles. The maximum Gasteiger partial charge on any atom is 0.250 e. The van der Waals surface area contributed by atoms with Crippen molar-refractivity contribution in [2.24, 2.45) is 5.41 Å². The van der Waals surface area contributed by atoms with E-state index < -0.39 is 10.0 Å². The quantitative estimate of drug-likeness (QED) is 0.812. The molecule has 19 heavy (non-hydrogen) atoms. The van der Waals surface area contributed by atoms with Crippen LogP contribution in [0.1, 0.15) is 39.0 Å². The lowest BCUT2D eigenvalue weighted by Crippen LogP contribution is -2.43. The van der Waals surface area contributed by atoms with Gasteiger partial charge in [-0.1, -0.05) is 27.7 Å². The van der Waals surface area contributed by atoms with Crippen molar-refractivity contribution < 1.29 is 8.42 Å². The third-order valence-electron chi connectivity index (χ3n) is 2.99. The Hall–Kier alpha value is -0.100. The number of thiophene rings is 1. The smallest absolute Gasteiger partial charge is 0.207 e. The zero-order valence-electron chi connectivity index (χ0n) is 11.9. The highest BCUT2D eigenvalue weighted by molar-refractivity contribution is 7.91. The second-order valence-electron chi connectivity index (χ2n) is 5.59. The van der Waals surface area contributed by atoms with Crippen molar-refractivity contribution in [2.75, 3.05) is 5.88 Å². The molecule has 1 heterocycles. The molecular formula is C13H22ClNO2S2. The van der Waals surface area contributed by atoms with Crippen LogP contribution in [0.4, 0.5) is 0 Å². The van der Waals surface area contributed by atoms with Crippen molar-refractivity contribution in [3.63, 3.8) is 0 Å². The lowest BCUT2D eigenvalue weighted by Gasteiger charge is -2.30. The number of aryl methyl sites for hydroxylation is 1. The van der Waals surface area contributed by atoms with Gasteiger partial charge in [-0.25, -0.2) is 13.1 Å². The van der Waals surface area contributed by atoms with Crippen LogP contribution in [-0.4, -0.2) is 20.3 Å². The normalized spacial score (nSPS) is 14.6. The predicted octanol–water partition coefficient (Wildman–Crippen LogP) is 3.63. The van der Waals surface area contributed by atoms with Crippen LogP contribution >= 0.6 is 22.9 Å². The minimum absolute atomic E-state index is 0.160. The van der Waals surface area contributed by atoms with Crippen LogP contribution in [0.15, 0.2) is 16.3 Å². The van der Waals surface area contributed by atoms with Gasteiger partial charge in [-0.3, -0.25) is 0 Å². The van der Waals surface area contributed by atoms with E-state index in [1.54, 1.807) is 6.07 Å². The summed E-state index contributed by atoms with van der Waals surface area (Å²) < 4.78 is 27.9. The standard InChI is InChI=1S/C13H22ClNO2S2/c1-5-10-6-7-12(18-10)19(16,17)15-11(8-9-14)13(2,3)4/h6-7,11,15H,5,8-9H2,1-4H3. The van der Waals surface area contributed by atoms with E-state index in [0.29, 0.717) is 16.5 Å². The number of hydrogen-bond donors (Lipinski definition) is 1. The Balaban J connectivity index is 2.94. The van der Waals surface area contributed by atoms with Gasteiger partial charge in [-0.05, 0) is 30.4 Å². The lowest BCUT2D eigenvalue weighted by molar-refractivity contribution is 0.293. The summed E-state index contributed by atoms with van der Waals surface area (Å²) in [6.07, 6.45) is 1.47. The summed E-state index contributed by atoms with van der Waals surface area (Å²) in [6.45, 7) is 8.05. The number of nitrogens with one attached hydrogen (secondary N) is 1. The van der Waals surface area contributed by atoms with Crippen LogP contribution in [0.2, 0.25) is 0 Å². The summed E-state index contributed by atoms with van der Waals surface area (Å²) in [5.41, 5.74) is -0.160. The number of alkyl halides is 1. The lowest BCUT2D eigenvalue weighted by atomic mass is 9.86. The van der Waals surface area contributed by atoms with Gasteiger partial charge >= 0.3 is 0 Å². The van der Waals surface area contributed by atoms with Crippen molar-refractivity contribution in [3.8, 4) is 0 Å². The number of sulfonamides is 1. The summed E-state index contributed by atoms with van der Waals surface area (Å²) in [6, 6.07) is 3.38. The van der Waals surface area contributed by atoms with Gasteiger partial charge in [0, 0.05) is 16.8 Å². The Labute approximate surface area is 125 Å². The summed E-state index contributed by atoms with van der Waals surface area (Å²) >= 11 is 7.10. The maximum atomic E-state index is 12.3. The van der Waals surface area contributed by atoms with E-state index >= 15 is 0 Å². The summed E-state index contributed by atoms with van der Waals surface area (Å²) in [7, 11) is -3.44. The Morgan fingerprint density at radius 1 is 1.37 bits per heavy atom. The molecule has 0 saturated heterocycles. The van der Waals surface area contributed by atoms with Crippen molar-refractivity contribution in [2.45, 2.75) is 50.8 Å². The van der Waals surface area contributed by atoms with Gasteiger partial charge in [0.1, 0.15) is 4.21 Å². The van der Waals surface area contributed by atoms with Crippen LogP contribution in [-0.2, 0) is 16.4 Å². The van der Waals surface area contributed by atoms with Crippen molar-refractivity contribution in [3.05, 3.63) is 17.0 Å². The van der Waals surface area contributed by atoms with Gasteiger partial charge < -0.3 is 0 Å². The first-order chi connectivity index (χ1) is 8.70. The Bertz CT molecular complexity index is 503. The van der Waals surface area contributed by atoms with Gasteiger partial charge in [-0.15, -0.1) is 22.9 Å². The zero-order valence-corrected chi connectivity index (χ0v) is 14.3. The van der Waals surface area contributed by atoms with Crippen LogP contribution in [0.3, 0.4) is 0 Å². The van der Waals surface area contributed by atoms with Crippen molar-refractivity contribution in [1.29, 1.82) is 0 Å². The highest BCUT2D eigenvalue weighted by Crippen LogP contribution is 2.27. The maximum absolute atomic E-state index is 12.3. The molecule has 0 spiro atoms. The zero-order chi connectivity index (χ0) is 14.7. The Kier molecular flexibility index (Phi) is 5.86. The first-order valence-electron chi connectivity index (χ1n) is 6.37. The molecule has 0 bridgehead atoms. The van der Waals surface area contributed by atoms with Gasteiger partial charge in [0.2, 0.25) is 10.0 Å². The molecule has 0 amide bonds. The fraction of sp³-hybridized carbons (Fsp3) is 0.692. The summed E-state index contributed by atoms with van der Waals surface area (Å²) in [4.78, 5) is 1.07. The monoisotopic (exact) mass is 323 g/mol. The molecule has 6 heteroatoms. The molecule has 1 atom stereocenters. The molecule has 0 saturated carbocycles. The van der Waals surface area contributed by atoms with E-state index in [1.807, 2.05) is 33.8 Å². The Morgan fingerprint density at radius 3 is 2.42 bits per heavy atom. The minimum Gasteiger partial charge on any atom is -0.207 e. The fourth-order valence-corrected chi connectivity index (χ4v) is 4.72. The van der Waals surface area contributed by atoms with Gasteiger partial charge in [0.25, 0.3) is 0 Å². The molecule has 0 aliphatic heterocycles. The first-order valence-corrected chi connectivity index (χ1v) is 9.21. The molecule has 1 rings (SSSR count). The van der Waals surface area contributed by atoms with E-state index in [1.165, 1.54) is 11.3 Å². The molecule has 110 valence electrons. The van der Waals surface area contributed by atoms with Crippen LogP contribution in [0.25, 0.3) is 0 Å². The highest BCUT2D eigenvalue weighted by Gasteiger charge is 2.29. The largest absolute Gasteiger partial charge is 0.250 e. The van der Waals surface area contributed by atoms with E-state index in [4.69, 9.17) is 11.6 Å². The molecule has 1 unspecified atom stereocenters. The fourth-order valence-electron chi connectivity index (χ4n) is 1.72. The summed E-state index contributed by atoms with van der Waals surface area (Å²) in [5.74, 6) is 0.440. The first kappa shape index (κ1) is 17.0. The third-order valence-corrected chi connectivity index (χ3v) is 6.40. The average Bonchev–Trinajstić information content (AvgIpc) is 2.76. The molecule has 0 fully saturated rings. The highest BCUT2D eigenvalue weighted by atomic mass is 35.5. The molecule has 0 aliphatic rings. The van der Waals surface area contributed by atoms with E-state index in [2.05, 4.69) is 4.72 Å². The van der Waals surface area contributed by atoms with Gasteiger partial charge in [0.05, 0.1) is 0 Å². The molecule has 0 radical (unpaired) electrons. The van der Waals surface area contributed by atoms with Crippen LogP contribution < -0.4 is 4.72 Å². The van der Waals surface area contributed by atoms with E-state index in [0.717, 1.165) is 11.3 Å². The van der Waals surface area contributed by atoms with Gasteiger partial charge in [-0.2, -0.15) is 0 Å². The average molecular weight is 324 g/mol.